The molecule has 0 spiro atoms. The van der Waals surface area contributed by atoms with Gasteiger partial charge in [0.1, 0.15) is 0 Å². The van der Waals surface area contributed by atoms with E-state index in [1.54, 1.807) is 62.8 Å². The average Bonchev–Trinajstić information content (AvgIpc) is 2.73. The van der Waals surface area contributed by atoms with Crippen molar-refractivity contribution in [2.45, 2.75) is 11.4 Å². The third kappa shape index (κ3) is 5.12. The van der Waals surface area contributed by atoms with Crippen LogP contribution in [0.25, 0.3) is 11.3 Å². The summed E-state index contributed by atoms with van der Waals surface area (Å²) < 4.78 is 33.5. The van der Waals surface area contributed by atoms with Crippen LogP contribution in [0.5, 0.6) is 11.5 Å². The van der Waals surface area contributed by atoms with Gasteiger partial charge in [-0.25, -0.2) is 8.42 Å². The number of hydrogen-bond donors (Lipinski definition) is 1. The van der Waals surface area contributed by atoms with E-state index in [2.05, 4.69) is 15.5 Å². The third-order valence-corrected chi connectivity index (χ3v) is 5.25. The molecule has 0 unspecified atom stereocenters. The number of anilines is 1. The molecule has 0 atom stereocenters. The third-order valence-electron chi connectivity index (χ3n) is 4.27. The maximum Gasteiger partial charge on any atom is 0.228 e. The van der Waals surface area contributed by atoms with E-state index in [-0.39, 0.29) is 17.4 Å². The molecule has 1 N–H and O–H groups in total. The quantitative estimate of drug-likeness (QED) is 0.618. The summed E-state index contributed by atoms with van der Waals surface area (Å²) in [5.74, 6) is 0.955. The van der Waals surface area contributed by atoms with E-state index in [1.807, 2.05) is 0 Å². The molecule has 1 aromatic heterocycles. The van der Waals surface area contributed by atoms with Crippen molar-refractivity contribution in [1.29, 1.82) is 0 Å². The highest BCUT2D eigenvalue weighted by atomic mass is 32.2. The fraction of sp³-hybridized carbons (Fsp3) is 0.190. The predicted molar refractivity (Wildman–Crippen MR) is 112 cm³/mol. The molecule has 0 radical (unpaired) electrons. The summed E-state index contributed by atoms with van der Waals surface area (Å²) in [6.07, 6.45) is 1.23. The zero-order chi connectivity index (χ0) is 21.7. The summed E-state index contributed by atoms with van der Waals surface area (Å²) in [7, 11) is -0.320. The second kappa shape index (κ2) is 8.91. The molecular weight excluding hydrogens is 406 g/mol. The lowest BCUT2D eigenvalue weighted by molar-refractivity contribution is -0.115. The van der Waals surface area contributed by atoms with Crippen molar-refractivity contribution in [2.75, 3.05) is 25.8 Å². The Balaban J connectivity index is 1.73. The Bertz CT molecular complexity index is 1160. The van der Waals surface area contributed by atoms with Gasteiger partial charge in [0, 0.05) is 17.5 Å². The fourth-order valence-electron chi connectivity index (χ4n) is 2.81. The van der Waals surface area contributed by atoms with Gasteiger partial charge in [0.05, 0.1) is 26.3 Å². The van der Waals surface area contributed by atoms with Gasteiger partial charge in [0.2, 0.25) is 5.91 Å². The number of nitrogens with one attached hydrogen (secondary N) is 1. The predicted octanol–water partition coefficient (Wildman–Crippen LogP) is 2.75. The van der Waals surface area contributed by atoms with E-state index in [0.717, 1.165) is 11.8 Å². The number of hydrogen-bond acceptors (Lipinski definition) is 7. The lowest BCUT2D eigenvalue weighted by Crippen LogP contribution is -2.14. The Morgan fingerprint density at radius 1 is 0.967 bits per heavy atom. The van der Waals surface area contributed by atoms with E-state index in [4.69, 9.17) is 9.47 Å². The van der Waals surface area contributed by atoms with Crippen molar-refractivity contribution in [1.82, 2.24) is 10.2 Å². The molecule has 1 amide bonds. The summed E-state index contributed by atoms with van der Waals surface area (Å²) in [6, 6.07) is 15.4. The Kier molecular flexibility index (Phi) is 6.31. The molecule has 3 aromatic rings. The summed E-state index contributed by atoms with van der Waals surface area (Å²) >= 11 is 0. The van der Waals surface area contributed by atoms with Crippen LogP contribution in [0.1, 0.15) is 5.56 Å². The van der Waals surface area contributed by atoms with E-state index < -0.39 is 9.84 Å². The molecule has 0 saturated carbocycles. The zero-order valence-corrected chi connectivity index (χ0v) is 17.6. The molecule has 0 bridgehead atoms. The van der Waals surface area contributed by atoms with Gasteiger partial charge in [0.25, 0.3) is 0 Å². The van der Waals surface area contributed by atoms with Gasteiger partial charge in [0.15, 0.2) is 26.4 Å². The second-order valence-corrected chi connectivity index (χ2v) is 8.49. The smallest absolute Gasteiger partial charge is 0.228 e. The van der Waals surface area contributed by atoms with Crippen LogP contribution in [0.15, 0.2) is 59.6 Å². The Labute approximate surface area is 174 Å². The van der Waals surface area contributed by atoms with Gasteiger partial charge in [-0.15, -0.1) is 10.2 Å². The Morgan fingerprint density at radius 3 is 2.37 bits per heavy atom. The number of benzene rings is 2. The van der Waals surface area contributed by atoms with Crippen molar-refractivity contribution in [3.05, 3.63) is 60.2 Å². The van der Waals surface area contributed by atoms with Crippen LogP contribution in [0.2, 0.25) is 0 Å². The molecule has 156 valence electrons. The standard InChI is InChI=1S/C21H21N3O5S/c1-28-18-9-7-14(11-19(18)29-2)12-20(25)22-16-6-4-5-15(13-16)17-8-10-21(24-23-17)30(3,26)27/h4-11,13H,12H2,1-3H3,(H,22,25). The van der Waals surface area contributed by atoms with Crippen LogP contribution in [-0.4, -0.2) is 45.0 Å². The molecule has 1 heterocycles. The van der Waals surface area contributed by atoms with Crippen LogP contribution in [0, 0.1) is 0 Å². The van der Waals surface area contributed by atoms with Crippen LogP contribution in [-0.2, 0) is 21.1 Å². The highest BCUT2D eigenvalue weighted by Crippen LogP contribution is 2.28. The van der Waals surface area contributed by atoms with Gasteiger partial charge >= 0.3 is 0 Å². The SMILES string of the molecule is COc1ccc(CC(=O)Nc2cccc(-c3ccc(S(C)(=O)=O)nn3)c2)cc1OC. The maximum absolute atomic E-state index is 12.5. The van der Waals surface area contributed by atoms with Crippen LogP contribution >= 0.6 is 0 Å². The number of aromatic nitrogens is 2. The minimum absolute atomic E-state index is 0.0920. The van der Waals surface area contributed by atoms with Gasteiger partial charge in [-0.3, -0.25) is 4.79 Å². The molecular formula is C21H21N3O5S. The monoisotopic (exact) mass is 427 g/mol. The molecule has 30 heavy (non-hydrogen) atoms. The topological polar surface area (TPSA) is 107 Å². The van der Waals surface area contributed by atoms with Crippen molar-refractivity contribution >= 4 is 21.4 Å². The number of amides is 1. The number of ether oxygens (including phenoxy) is 2. The Hall–Kier alpha value is -3.46. The first-order valence-electron chi connectivity index (χ1n) is 8.95. The molecule has 0 saturated heterocycles. The molecule has 3 rings (SSSR count). The van der Waals surface area contributed by atoms with Gasteiger partial charge in [-0.05, 0) is 42.0 Å². The van der Waals surface area contributed by atoms with Gasteiger partial charge in [-0.1, -0.05) is 18.2 Å². The highest BCUT2D eigenvalue weighted by Gasteiger charge is 2.12. The minimum Gasteiger partial charge on any atom is -0.493 e. The molecule has 0 fully saturated rings. The van der Waals surface area contributed by atoms with E-state index >= 15 is 0 Å². The number of rotatable bonds is 7. The zero-order valence-electron chi connectivity index (χ0n) is 16.7. The molecule has 0 aliphatic heterocycles. The molecule has 9 heteroatoms. The highest BCUT2D eigenvalue weighted by molar-refractivity contribution is 7.90. The van der Waals surface area contributed by atoms with Crippen molar-refractivity contribution < 1.29 is 22.7 Å². The van der Waals surface area contributed by atoms with Crippen LogP contribution in [0.4, 0.5) is 5.69 Å². The lowest BCUT2D eigenvalue weighted by atomic mass is 10.1. The normalized spacial score (nSPS) is 11.0. The first kappa shape index (κ1) is 21.3. The Morgan fingerprint density at radius 2 is 1.73 bits per heavy atom. The summed E-state index contributed by atoms with van der Waals surface area (Å²) in [6.45, 7) is 0. The first-order valence-corrected chi connectivity index (χ1v) is 10.8. The number of carbonyl (C=O) groups is 1. The van der Waals surface area contributed by atoms with Gasteiger partial charge in [-0.2, -0.15) is 0 Å². The van der Waals surface area contributed by atoms with E-state index in [9.17, 15) is 13.2 Å². The largest absolute Gasteiger partial charge is 0.493 e. The van der Waals surface area contributed by atoms with Gasteiger partial charge < -0.3 is 14.8 Å². The maximum atomic E-state index is 12.5. The number of methoxy groups -OCH3 is 2. The fourth-order valence-corrected chi connectivity index (χ4v) is 3.31. The van der Waals surface area contributed by atoms with Crippen molar-refractivity contribution in [2.24, 2.45) is 0 Å². The molecule has 0 aliphatic rings. The molecule has 8 nitrogen and oxygen atoms in total. The number of sulfone groups is 1. The second-order valence-electron chi connectivity index (χ2n) is 6.52. The lowest BCUT2D eigenvalue weighted by Gasteiger charge is -2.10. The summed E-state index contributed by atoms with van der Waals surface area (Å²) in [5, 5.41) is 10.5. The van der Waals surface area contributed by atoms with Crippen LogP contribution < -0.4 is 14.8 Å². The summed E-state index contributed by atoms with van der Waals surface area (Å²) in [4.78, 5) is 12.5. The van der Waals surface area contributed by atoms with Crippen molar-refractivity contribution in [3.8, 4) is 22.8 Å². The van der Waals surface area contributed by atoms with E-state index in [1.165, 1.54) is 6.07 Å². The number of nitrogens with zero attached hydrogens (tertiary/aromatic N) is 2. The first-order chi connectivity index (χ1) is 14.3. The molecule has 0 aliphatic carbocycles. The van der Waals surface area contributed by atoms with E-state index in [0.29, 0.717) is 28.4 Å². The van der Waals surface area contributed by atoms with Crippen molar-refractivity contribution in [3.63, 3.8) is 0 Å². The van der Waals surface area contributed by atoms with Crippen LogP contribution in [0.3, 0.4) is 0 Å². The summed E-state index contributed by atoms with van der Waals surface area (Å²) in [5.41, 5.74) is 2.57. The number of carbonyl (C=O) groups excluding carboxylic acids is 1. The minimum atomic E-state index is -3.41. The average molecular weight is 427 g/mol. The molecule has 2 aromatic carbocycles.